The molecule has 0 saturated carbocycles. The molecule has 138 valence electrons. The molecule has 0 unspecified atom stereocenters. The van der Waals surface area contributed by atoms with Crippen LogP contribution in [0.5, 0.6) is 5.75 Å². The van der Waals surface area contributed by atoms with E-state index in [-0.39, 0.29) is 6.10 Å². The summed E-state index contributed by atoms with van der Waals surface area (Å²) in [7, 11) is 0. The predicted molar refractivity (Wildman–Crippen MR) is 98.0 cm³/mol. The molecule has 2 rings (SSSR count). The zero-order chi connectivity index (χ0) is 18.6. The predicted octanol–water partition coefficient (Wildman–Crippen LogP) is 3.70. The summed E-state index contributed by atoms with van der Waals surface area (Å²) < 4.78 is 17.8. The second kappa shape index (κ2) is 8.19. The molecule has 7 heteroatoms. The lowest BCUT2D eigenvalue weighted by molar-refractivity contribution is -0.162. The van der Waals surface area contributed by atoms with Gasteiger partial charge >= 0.3 is 5.97 Å². The van der Waals surface area contributed by atoms with E-state index in [1.54, 1.807) is 13.0 Å². The maximum absolute atomic E-state index is 12.2. The maximum Gasteiger partial charge on any atom is 0.347 e. The van der Waals surface area contributed by atoms with E-state index in [0.29, 0.717) is 24.7 Å². The van der Waals surface area contributed by atoms with Crippen molar-refractivity contribution < 1.29 is 23.8 Å². The molecule has 0 fully saturated rings. The third-order valence-electron chi connectivity index (χ3n) is 3.32. The molecule has 1 aliphatic heterocycles. The Balaban J connectivity index is 2.23. The van der Waals surface area contributed by atoms with Crippen molar-refractivity contribution in [2.24, 2.45) is 5.16 Å². The minimum atomic E-state index is -0.757. The van der Waals surface area contributed by atoms with Gasteiger partial charge in [0, 0.05) is 16.6 Å². The number of oxime groups is 1. The van der Waals surface area contributed by atoms with Crippen LogP contribution < -0.4 is 4.74 Å². The molecule has 1 aromatic carbocycles. The van der Waals surface area contributed by atoms with Crippen LogP contribution in [0.2, 0.25) is 0 Å². The summed E-state index contributed by atoms with van der Waals surface area (Å²) in [6.45, 7) is 9.94. The number of carbonyl (C=O) groups is 1. The highest BCUT2D eigenvalue weighted by Crippen LogP contribution is 2.28. The van der Waals surface area contributed by atoms with E-state index in [1.165, 1.54) is 0 Å². The van der Waals surface area contributed by atoms with Crippen LogP contribution in [0.1, 0.15) is 40.2 Å². The first kappa shape index (κ1) is 19.7. The van der Waals surface area contributed by atoms with E-state index in [9.17, 15) is 4.79 Å². The number of rotatable bonds is 6. The molecule has 0 aliphatic carbocycles. The lowest BCUT2D eigenvalue weighted by Gasteiger charge is -2.23. The van der Waals surface area contributed by atoms with E-state index in [4.69, 9.17) is 19.0 Å². The SMILES string of the molecule is CCO[C@@H]1CON=C1c1cc(Br)ccc1O[C@@H](C)C(=O)OC(C)(C)C. The number of ether oxygens (including phenoxy) is 3. The Labute approximate surface area is 156 Å². The number of benzene rings is 1. The number of hydrogen-bond acceptors (Lipinski definition) is 6. The van der Waals surface area contributed by atoms with Crippen molar-refractivity contribution in [1.82, 2.24) is 0 Å². The molecule has 1 aliphatic rings. The lowest BCUT2D eigenvalue weighted by Crippen LogP contribution is -2.34. The Hall–Kier alpha value is -1.60. The van der Waals surface area contributed by atoms with Crippen LogP contribution in [0.25, 0.3) is 0 Å². The first-order valence-corrected chi connectivity index (χ1v) is 9.01. The van der Waals surface area contributed by atoms with Gasteiger partial charge in [0.25, 0.3) is 0 Å². The standard InChI is InChI=1S/C18H24BrNO5/c1-6-22-15-10-23-20-16(15)13-9-12(19)7-8-14(13)24-11(2)17(21)25-18(3,4)5/h7-9,11,15H,6,10H2,1-5H3/t11-,15+/m0/s1. The fourth-order valence-electron chi connectivity index (χ4n) is 2.29. The van der Waals surface area contributed by atoms with Crippen molar-refractivity contribution in [3.8, 4) is 5.75 Å². The zero-order valence-corrected chi connectivity index (χ0v) is 16.8. The normalized spacial score (nSPS) is 18.3. The molecule has 1 aromatic rings. The first-order chi connectivity index (χ1) is 11.7. The molecule has 0 radical (unpaired) electrons. The van der Waals surface area contributed by atoms with Crippen LogP contribution in [-0.2, 0) is 19.1 Å². The van der Waals surface area contributed by atoms with Gasteiger partial charge in [-0.15, -0.1) is 0 Å². The van der Waals surface area contributed by atoms with Crippen molar-refractivity contribution >= 4 is 27.6 Å². The second-order valence-electron chi connectivity index (χ2n) is 6.65. The zero-order valence-electron chi connectivity index (χ0n) is 15.2. The molecule has 25 heavy (non-hydrogen) atoms. The quantitative estimate of drug-likeness (QED) is 0.665. The van der Waals surface area contributed by atoms with Crippen LogP contribution in [0.15, 0.2) is 27.8 Å². The van der Waals surface area contributed by atoms with Crippen LogP contribution in [0.3, 0.4) is 0 Å². The smallest absolute Gasteiger partial charge is 0.347 e. The average Bonchev–Trinajstić information content (AvgIpc) is 2.95. The molecule has 0 bridgehead atoms. The molecule has 0 N–H and O–H groups in total. The Bertz CT molecular complexity index is 653. The van der Waals surface area contributed by atoms with Crippen LogP contribution in [-0.4, -0.2) is 42.7 Å². The average molecular weight is 414 g/mol. The Kier molecular flexibility index (Phi) is 6.46. The molecule has 2 atom stereocenters. The summed E-state index contributed by atoms with van der Waals surface area (Å²) in [6, 6.07) is 5.49. The molecule has 6 nitrogen and oxygen atoms in total. The number of carbonyl (C=O) groups excluding carboxylic acids is 1. The lowest BCUT2D eigenvalue weighted by atomic mass is 10.0. The summed E-state index contributed by atoms with van der Waals surface area (Å²) in [6.07, 6.45) is -1.02. The first-order valence-electron chi connectivity index (χ1n) is 8.22. The Morgan fingerprint density at radius 2 is 2.16 bits per heavy atom. The molecule has 1 heterocycles. The van der Waals surface area contributed by atoms with E-state index in [0.717, 1.165) is 10.0 Å². The maximum atomic E-state index is 12.2. The van der Waals surface area contributed by atoms with Crippen molar-refractivity contribution in [3.63, 3.8) is 0 Å². The van der Waals surface area contributed by atoms with Gasteiger partial charge in [0.05, 0.1) is 0 Å². The van der Waals surface area contributed by atoms with E-state index < -0.39 is 17.7 Å². The fourth-order valence-corrected chi connectivity index (χ4v) is 2.65. The highest BCUT2D eigenvalue weighted by molar-refractivity contribution is 9.10. The van der Waals surface area contributed by atoms with E-state index in [1.807, 2.05) is 39.8 Å². The fraction of sp³-hybridized carbons (Fsp3) is 0.556. The van der Waals surface area contributed by atoms with Gasteiger partial charge in [0.15, 0.2) is 6.10 Å². The van der Waals surface area contributed by atoms with Gasteiger partial charge < -0.3 is 19.0 Å². The highest BCUT2D eigenvalue weighted by atomic mass is 79.9. The van der Waals surface area contributed by atoms with Gasteiger partial charge in [-0.25, -0.2) is 4.79 Å². The second-order valence-corrected chi connectivity index (χ2v) is 7.57. The summed E-state index contributed by atoms with van der Waals surface area (Å²) >= 11 is 3.45. The molecule has 0 spiro atoms. The Morgan fingerprint density at radius 1 is 1.44 bits per heavy atom. The topological polar surface area (TPSA) is 66.3 Å². The summed E-state index contributed by atoms with van der Waals surface area (Å²) in [4.78, 5) is 17.4. The molecular weight excluding hydrogens is 390 g/mol. The minimum Gasteiger partial charge on any atom is -0.478 e. The van der Waals surface area contributed by atoms with Gasteiger partial charge in [0.1, 0.15) is 29.8 Å². The number of halogens is 1. The summed E-state index contributed by atoms with van der Waals surface area (Å²) in [5.74, 6) is 0.0999. The Morgan fingerprint density at radius 3 is 2.80 bits per heavy atom. The largest absolute Gasteiger partial charge is 0.478 e. The number of hydrogen-bond donors (Lipinski definition) is 0. The molecule has 0 aromatic heterocycles. The van der Waals surface area contributed by atoms with E-state index >= 15 is 0 Å². The molecular formula is C18H24BrNO5. The van der Waals surface area contributed by atoms with Gasteiger partial charge in [-0.1, -0.05) is 21.1 Å². The van der Waals surface area contributed by atoms with Gasteiger partial charge in [-0.05, 0) is 52.8 Å². The summed E-state index contributed by atoms with van der Waals surface area (Å²) in [5, 5.41) is 4.09. The van der Waals surface area contributed by atoms with Crippen LogP contribution in [0, 0.1) is 0 Å². The van der Waals surface area contributed by atoms with Gasteiger partial charge in [-0.2, -0.15) is 0 Å². The number of nitrogens with zero attached hydrogens (tertiary/aromatic N) is 1. The van der Waals surface area contributed by atoms with Crippen LogP contribution in [0.4, 0.5) is 0 Å². The molecule has 0 amide bonds. The van der Waals surface area contributed by atoms with Crippen molar-refractivity contribution in [2.45, 2.75) is 52.4 Å². The third-order valence-corrected chi connectivity index (χ3v) is 3.81. The van der Waals surface area contributed by atoms with Crippen molar-refractivity contribution in [1.29, 1.82) is 0 Å². The summed E-state index contributed by atoms with van der Waals surface area (Å²) in [5.41, 5.74) is 0.802. The van der Waals surface area contributed by atoms with E-state index in [2.05, 4.69) is 21.1 Å². The number of esters is 1. The third kappa shape index (κ3) is 5.44. The van der Waals surface area contributed by atoms with Crippen molar-refractivity contribution in [3.05, 3.63) is 28.2 Å². The van der Waals surface area contributed by atoms with Gasteiger partial charge in [-0.3, -0.25) is 0 Å². The highest BCUT2D eigenvalue weighted by Gasteiger charge is 2.30. The molecule has 0 saturated heterocycles. The van der Waals surface area contributed by atoms with Crippen molar-refractivity contribution in [2.75, 3.05) is 13.2 Å². The van der Waals surface area contributed by atoms with Crippen LogP contribution >= 0.6 is 15.9 Å². The minimum absolute atomic E-state index is 0.265. The van der Waals surface area contributed by atoms with Gasteiger partial charge in [0.2, 0.25) is 0 Å². The monoisotopic (exact) mass is 413 g/mol.